The van der Waals surface area contributed by atoms with Crippen molar-refractivity contribution in [3.05, 3.63) is 59.7 Å². The van der Waals surface area contributed by atoms with Crippen LogP contribution in [0.15, 0.2) is 48.5 Å². The van der Waals surface area contributed by atoms with Gasteiger partial charge in [-0.25, -0.2) is 4.79 Å². The van der Waals surface area contributed by atoms with E-state index in [0.29, 0.717) is 17.2 Å². The van der Waals surface area contributed by atoms with E-state index >= 15 is 0 Å². The summed E-state index contributed by atoms with van der Waals surface area (Å²) in [7, 11) is 0. The monoisotopic (exact) mass is 340 g/mol. The van der Waals surface area contributed by atoms with E-state index in [-0.39, 0.29) is 11.6 Å². The number of nitrogens with zero attached hydrogens (tertiary/aromatic N) is 1. The number of nitrogens with one attached hydrogen (secondary N) is 1. The van der Waals surface area contributed by atoms with Gasteiger partial charge in [-0.1, -0.05) is 24.3 Å². The number of carboxylic acid groups (broad SMARTS) is 1. The molecule has 6 heteroatoms. The van der Waals surface area contributed by atoms with Crippen molar-refractivity contribution in [2.24, 2.45) is 0 Å². The SMILES string of the molecule is C[C@]12C[C@@H](NC(=S)N1c1cccc(C(=O)O)c1)c1ccccc1O2. The first-order valence-electron chi connectivity index (χ1n) is 7.70. The molecule has 5 nitrogen and oxygen atoms in total. The normalized spacial score (nSPS) is 24.6. The number of carboxylic acids is 1. The van der Waals surface area contributed by atoms with Crippen LogP contribution in [0.3, 0.4) is 0 Å². The number of thiocarbonyl (C=S) groups is 1. The predicted molar refractivity (Wildman–Crippen MR) is 94.4 cm³/mol. The molecule has 2 N–H and O–H groups in total. The summed E-state index contributed by atoms with van der Waals surface area (Å²) in [5.74, 6) is -0.142. The molecule has 0 aromatic heterocycles. The summed E-state index contributed by atoms with van der Waals surface area (Å²) in [6, 6.07) is 14.7. The summed E-state index contributed by atoms with van der Waals surface area (Å²) >= 11 is 5.56. The van der Waals surface area contributed by atoms with E-state index < -0.39 is 11.7 Å². The summed E-state index contributed by atoms with van der Waals surface area (Å²) in [6.45, 7) is 1.98. The molecule has 2 atom stereocenters. The first-order chi connectivity index (χ1) is 11.5. The molecule has 2 aromatic rings. The number of benzene rings is 2. The molecule has 1 saturated heterocycles. The van der Waals surface area contributed by atoms with Gasteiger partial charge in [-0.05, 0) is 43.4 Å². The first kappa shape index (κ1) is 15.0. The lowest BCUT2D eigenvalue weighted by Gasteiger charge is -2.52. The summed E-state index contributed by atoms with van der Waals surface area (Å²) in [5, 5.41) is 13.1. The number of para-hydroxylation sites is 1. The summed E-state index contributed by atoms with van der Waals surface area (Å²) < 4.78 is 6.28. The molecule has 0 amide bonds. The lowest BCUT2D eigenvalue weighted by atomic mass is 9.90. The number of aromatic carboxylic acids is 1. The van der Waals surface area contributed by atoms with E-state index in [2.05, 4.69) is 5.32 Å². The molecular formula is C18H16N2O3S. The molecule has 2 aliphatic rings. The number of hydrogen-bond donors (Lipinski definition) is 2. The fourth-order valence-electron chi connectivity index (χ4n) is 3.49. The van der Waals surface area contributed by atoms with Crippen LogP contribution < -0.4 is 15.0 Å². The highest BCUT2D eigenvalue weighted by molar-refractivity contribution is 7.80. The average molecular weight is 340 g/mol. The number of hydrogen-bond acceptors (Lipinski definition) is 3. The second-order valence-corrected chi connectivity index (χ2v) is 6.60. The van der Waals surface area contributed by atoms with Gasteiger partial charge in [-0.2, -0.15) is 0 Å². The zero-order chi connectivity index (χ0) is 16.9. The van der Waals surface area contributed by atoms with Gasteiger partial charge in [0.1, 0.15) is 5.75 Å². The van der Waals surface area contributed by atoms with Crippen molar-refractivity contribution in [1.29, 1.82) is 0 Å². The molecule has 1 fully saturated rings. The lowest BCUT2D eigenvalue weighted by molar-refractivity contribution is 0.0496. The molecule has 0 spiro atoms. The van der Waals surface area contributed by atoms with Crippen LogP contribution in [0.5, 0.6) is 5.75 Å². The van der Waals surface area contributed by atoms with Crippen molar-refractivity contribution in [3.8, 4) is 5.75 Å². The molecule has 2 bridgehead atoms. The molecule has 4 rings (SSSR count). The van der Waals surface area contributed by atoms with Gasteiger partial charge in [-0.15, -0.1) is 0 Å². The van der Waals surface area contributed by atoms with Crippen LogP contribution in [0.4, 0.5) is 5.69 Å². The summed E-state index contributed by atoms with van der Waals surface area (Å²) in [6.07, 6.45) is 0.710. The highest BCUT2D eigenvalue weighted by atomic mass is 32.1. The molecule has 0 radical (unpaired) electrons. The second kappa shape index (κ2) is 5.21. The van der Waals surface area contributed by atoms with Crippen molar-refractivity contribution >= 4 is 29.0 Å². The van der Waals surface area contributed by atoms with E-state index in [4.69, 9.17) is 17.0 Å². The van der Waals surface area contributed by atoms with Gasteiger partial charge in [0.25, 0.3) is 0 Å². The van der Waals surface area contributed by atoms with Gasteiger partial charge < -0.3 is 15.2 Å². The molecule has 122 valence electrons. The van der Waals surface area contributed by atoms with Crippen molar-refractivity contribution in [1.82, 2.24) is 5.32 Å². The minimum atomic E-state index is -0.967. The summed E-state index contributed by atoms with van der Waals surface area (Å²) in [5.41, 5.74) is 1.35. The Morgan fingerprint density at radius 3 is 2.92 bits per heavy atom. The maximum atomic E-state index is 11.3. The van der Waals surface area contributed by atoms with Crippen LogP contribution in [0.1, 0.15) is 35.3 Å². The smallest absolute Gasteiger partial charge is 0.335 e. The van der Waals surface area contributed by atoms with Crippen LogP contribution in [-0.2, 0) is 0 Å². The Bertz CT molecular complexity index is 854. The Balaban J connectivity index is 1.79. The van der Waals surface area contributed by atoms with Crippen LogP contribution in [-0.4, -0.2) is 21.9 Å². The Morgan fingerprint density at radius 1 is 1.33 bits per heavy atom. The highest BCUT2D eigenvalue weighted by Crippen LogP contribution is 2.45. The van der Waals surface area contributed by atoms with Gasteiger partial charge in [0.2, 0.25) is 0 Å². The number of ether oxygens (including phenoxy) is 1. The molecule has 0 saturated carbocycles. The van der Waals surface area contributed by atoms with E-state index in [1.807, 2.05) is 42.2 Å². The third-order valence-corrected chi connectivity index (χ3v) is 4.83. The van der Waals surface area contributed by atoms with Gasteiger partial charge in [0, 0.05) is 17.7 Å². The minimum absolute atomic E-state index is 0.0892. The lowest BCUT2D eigenvalue weighted by Crippen LogP contribution is -2.65. The number of carbonyl (C=O) groups is 1. The predicted octanol–water partition coefficient (Wildman–Crippen LogP) is 3.32. The number of rotatable bonds is 2. The molecule has 2 aromatic carbocycles. The Labute approximate surface area is 144 Å². The Kier molecular flexibility index (Phi) is 3.25. The quantitative estimate of drug-likeness (QED) is 0.818. The first-order valence-corrected chi connectivity index (χ1v) is 8.11. The van der Waals surface area contributed by atoms with Crippen LogP contribution >= 0.6 is 12.2 Å². The van der Waals surface area contributed by atoms with Crippen LogP contribution in [0.2, 0.25) is 0 Å². The van der Waals surface area contributed by atoms with Crippen LogP contribution in [0, 0.1) is 0 Å². The third-order valence-electron chi connectivity index (χ3n) is 4.53. The largest absolute Gasteiger partial charge is 0.478 e. The van der Waals surface area contributed by atoms with Crippen molar-refractivity contribution in [2.45, 2.75) is 25.1 Å². The van der Waals surface area contributed by atoms with Gasteiger partial charge >= 0.3 is 5.97 Å². The van der Waals surface area contributed by atoms with E-state index in [1.54, 1.807) is 18.2 Å². The second-order valence-electron chi connectivity index (χ2n) is 6.21. The standard InChI is InChI=1S/C18H16N2O3S/c1-18-10-14(13-7-2-3-8-15(13)23-18)19-17(24)20(18)12-6-4-5-11(9-12)16(21)22/h2-9,14H,10H2,1H3,(H,19,24)(H,21,22)/t14-,18+/m1/s1. The maximum Gasteiger partial charge on any atom is 0.335 e. The fourth-order valence-corrected chi connectivity index (χ4v) is 3.93. The molecule has 2 aliphatic heterocycles. The van der Waals surface area contributed by atoms with Gasteiger partial charge in [0.15, 0.2) is 10.8 Å². The van der Waals surface area contributed by atoms with Crippen molar-refractivity contribution in [2.75, 3.05) is 4.90 Å². The minimum Gasteiger partial charge on any atom is -0.478 e. The molecule has 0 unspecified atom stereocenters. The Morgan fingerprint density at radius 2 is 2.12 bits per heavy atom. The summed E-state index contributed by atoms with van der Waals surface area (Å²) in [4.78, 5) is 13.1. The topological polar surface area (TPSA) is 61.8 Å². The number of anilines is 1. The van der Waals surface area contributed by atoms with Crippen LogP contribution in [0.25, 0.3) is 0 Å². The van der Waals surface area contributed by atoms with Crippen molar-refractivity contribution < 1.29 is 14.6 Å². The third kappa shape index (κ3) is 2.22. The molecular weight excluding hydrogens is 324 g/mol. The average Bonchev–Trinajstić information content (AvgIpc) is 2.54. The highest BCUT2D eigenvalue weighted by Gasteiger charge is 2.48. The van der Waals surface area contributed by atoms with E-state index in [0.717, 1.165) is 11.3 Å². The van der Waals surface area contributed by atoms with E-state index in [1.165, 1.54) is 0 Å². The molecule has 2 heterocycles. The van der Waals surface area contributed by atoms with E-state index in [9.17, 15) is 9.90 Å². The molecule has 0 aliphatic carbocycles. The van der Waals surface area contributed by atoms with Gasteiger partial charge in [0.05, 0.1) is 11.6 Å². The zero-order valence-electron chi connectivity index (χ0n) is 13.0. The zero-order valence-corrected chi connectivity index (χ0v) is 13.8. The Hall–Kier alpha value is -2.60. The molecule has 24 heavy (non-hydrogen) atoms. The fraction of sp³-hybridized carbons (Fsp3) is 0.222. The number of fused-ring (bicyclic) bond motifs is 4. The maximum absolute atomic E-state index is 11.3. The van der Waals surface area contributed by atoms with Gasteiger partial charge in [-0.3, -0.25) is 4.90 Å². The van der Waals surface area contributed by atoms with Crippen molar-refractivity contribution in [3.63, 3.8) is 0 Å².